The highest BCUT2D eigenvalue weighted by molar-refractivity contribution is 5.92. The Morgan fingerprint density at radius 2 is 1.97 bits per heavy atom. The normalized spacial score (nSPS) is 48.5. The molecule has 0 saturated heterocycles. The summed E-state index contributed by atoms with van der Waals surface area (Å²) in [7, 11) is 0. The number of allylic oxidation sites excluding steroid dienone is 2. The zero-order chi connectivity index (χ0) is 22.8. The Labute approximate surface area is 184 Å². The van der Waals surface area contributed by atoms with Crippen LogP contribution in [0.15, 0.2) is 12.2 Å². The molecule has 6 heteroatoms. The standard InChI is InChI=1S/C25H36O6/c1-5-21(30)31-25(20(29)13-26)9-7-17-16-10-14(2)18-11-15(27)6-8-23(18,3)22(16)19(28)12-24(17,25)4/h6,8,14,16-19,22,26,28H,5,7,9-13H2,1-4H3/t14-,16?,17?,18?,19?,22?,23-,24-,25-/m0/s1. The molecular weight excluding hydrogens is 396 g/mol. The molecule has 0 aliphatic heterocycles. The van der Waals surface area contributed by atoms with Gasteiger partial charge in [-0.3, -0.25) is 14.4 Å². The van der Waals surface area contributed by atoms with E-state index < -0.39 is 35.5 Å². The SMILES string of the molecule is CCC(=O)O[C@]1(C(=O)CO)CCC2C3C[C@H](C)C4CC(=O)C=C[C@]4(C)C3C(O)C[C@@]21C. The monoisotopic (exact) mass is 432 g/mol. The number of Topliss-reactive ketones (excluding diaryl/α,β-unsaturated/α-hetero) is 1. The zero-order valence-corrected chi connectivity index (χ0v) is 19.1. The van der Waals surface area contributed by atoms with E-state index in [1.165, 1.54) is 0 Å². The van der Waals surface area contributed by atoms with Crippen molar-refractivity contribution in [2.75, 3.05) is 6.61 Å². The van der Waals surface area contributed by atoms with Crippen LogP contribution < -0.4 is 0 Å². The molecule has 4 aliphatic rings. The molecule has 31 heavy (non-hydrogen) atoms. The van der Waals surface area contributed by atoms with Crippen molar-refractivity contribution >= 4 is 17.5 Å². The number of aliphatic hydroxyl groups is 2. The number of ketones is 2. The van der Waals surface area contributed by atoms with Crippen LogP contribution in [-0.4, -0.2) is 46.1 Å². The minimum absolute atomic E-state index is 0.00182. The van der Waals surface area contributed by atoms with Crippen LogP contribution in [0, 0.1) is 40.4 Å². The third-order valence-corrected chi connectivity index (χ3v) is 9.64. The van der Waals surface area contributed by atoms with Crippen LogP contribution in [0.4, 0.5) is 0 Å². The molecule has 3 saturated carbocycles. The van der Waals surface area contributed by atoms with Gasteiger partial charge in [-0.25, -0.2) is 0 Å². The first-order valence-electron chi connectivity index (χ1n) is 11.8. The number of rotatable bonds is 4. The van der Waals surface area contributed by atoms with Gasteiger partial charge in [0.25, 0.3) is 0 Å². The topological polar surface area (TPSA) is 101 Å². The number of ether oxygens (including phenoxy) is 1. The molecule has 0 bridgehead atoms. The number of hydrogen-bond donors (Lipinski definition) is 2. The molecule has 3 fully saturated rings. The molecule has 5 unspecified atom stereocenters. The Kier molecular flexibility index (Phi) is 5.49. The highest BCUT2D eigenvalue weighted by Gasteiger charge is 2.71. The van der Waals surface area contributed by atoms with Gasteiger partial charge in [0.15, 0.2) is 11.4 Å². The first-order chi connectivity index (χ1) is 14.5. The number of hydrogen-bond acceptors (Lipinski definition) is 6. The maximum Gasteiger partial charge on any atom is 0.306 e. The van der Waals surface area contributed by atoms with E-state index in [9.17, 15) is 24.6 Å². The Hall–Kier alpha value is -1.53. The minimum atomic E-state index is -1.38. The van der Waals surface area contributed by atoms with Gasteiger partial charge in [-0.2, -0.15) is 0 Å². The molecule has 9 atom stereocenters. The van der Waals surface area contributed by atoms with Gasteiger partial charge in [0.1, 0.15) is 6.61 Å². The van der Waals surface area contributed by atoms with Crippen LogP contribution >= 0.6 is 0 Å². The molecule has 172 valence electrons. The Balaban J connectivity index is 1.77. The fraction of sp³-hybridized carbons (Fsp3) is 0.800. The van der Waals surface area contributed by atoms with Crippen molar-refractivity contribution in [1.82, 2.24) is 0 Å². The predicted molar refractivity (Wildman–Crippen MR) is 114 cm³/mol. The summed E-state index contributed by atoms with van der Waals surface area (Å²) in [6, 6.07) is 0. The van der Waals surface area contributed by atoms with E-state index in [1.807, 2.05) is 13.0 Å². The highest BCUT2D eigenvalue weighted by atomic mass is 16.6. The molecule has 2 N–H and O–H groups in total. The van der Waals surface area contributed by atoms with E-state index in [2.05, 4.69) is 13.8 Å². The Bertz CT molecular complexity index is 819. The van der Waals surface area contributed by atoms with Gasteiger partial charge >= 0.3 is 5.97 Å². The lowest BCUT2D eigenvalue weighted by molar-refractivity contribution is -0.209. The van der Waals surface area contributed by atoms with Crippen LogP contribution in [0.25, 0.3) is 0 Å². The molecule has 4 aliphatic carbocycles. The smallest absolute Gasteiger partial charge is 0.306 e. The van der Waals surface area contributed by atoms with Crippen LogP contribution in [-0.2, 0) is 19.1 Å². The third kappa shape index (κ3) is 3.01. The fourth-order valence-corrected chi connectivity index (χ4v) is 8.29. The first kappa shape index (κ1) is 22.7. The number of carbonyl (C=O) groups excluding carboxylic acids is 3. The van der Waals surface area contributed by atoms with Crippen molar-refractivity contribution in [2.24, 2.45) is 40.4 Å². The van der Waals surface area contributed by atoms with Gasteiger partial charge in [-0.05, 0) is 66.8 Å². The second kappa shape index (κ2) is 7.51. The number of carbonyl (C=O) groups is 3. The molecule has 0 radical (unpaired) electrons. The summed E-state index contributed by atoms with van der Waals surface area (Å²) in [5, 5.41) is 21.3. The summed E-state index contributed by atoms with van der Waals surface area (Å²) in [6.07, 6.45) is 6.06. The van der Waals surface area contributed by atoms with Crippen molar-refractivity contribution < 1.29 is 29.3 Å². The molecule has 0 aromatic heterocycles. The van der Waals surface area contributed by atoms with Crippen molar-refractivity contribution in [3.8, 4) is 0 Å². The van der Waals surface area contributed by atoms with Gasteiger partial charge in [0, 0.05) is 18.3 Å². The van der Waals surface area contributed by atoms with Crippen molar-refractivity contribution in [3.05, 3.63) is 12.2 Å². The van der Waals surface area contributed by atoms with E-state index >= 15 is 0 Å². The maximum atomic E-state index is 13.0. The first-order valence-corrected chi connectivity index (χ1v) is 11.8. The van der Waals surface area contributed by atoms with Gasteiger partial charge in [0.2, 0.25) is 5.78 Å². The van der Waals surface area contributed by atoms with Gasteiger partial charge in [-0.15, -0.1) is 0 Å². The summed E-state index contributed by atoms with van der Waals surface area (Å²) in [5.41, 5.74) is -2.39. The largest absolute Gasteiger partial charge is 0.450 e. The summed E-state index contributed by atoms with van der Waals surface area (Å²) in [4.78, 5) is 37.5. The quantitative estimate of drug-likeness (QED) is 0.663. The lowest BCUT2D eigenvalue weighted by atomic mass is 9.43. The Morgan fingerprint density at radius 1 is 1.26 bits per heavy atom. The van der Waals surface area contributed by atoms with Gasteiger partial charge in [-0.1, -0.05) is 33.8 Å². The number of aliphatic hydroxyl groups excluding tert-OH is 2. The predicted octanol–water partition coefficient (Wildman–Crippen LogP) is 2.84. The molecule has 0 amide bonds. The molecular formula is C25H36O6. The van der Waals surface area contributed by atoms with E-state index in [0.29, 0.717) is 25.2 Å². The maximum absolute atomic E-state index is 13.0. The number of esters is 1. The summed E-state index contributed by atoms with van der Waals surface area (Å²) in [6.45, 7) is 7.37. The molecule has 0 spiro atoms. The minimum Gasteiger partial charge on any atom is -0.450 e. The lowest BCUT2D eigenvalue weighted by Gasteiger charge is -2.62. The molecule has 6 nitrogen and oxygen atoms in total. The van der Waals surface area contributed by atoms with Crippen LogP contribution in [0.3, 0.4) is 0 Å². The number of fused-ring (bicyclic) bond motifs is 5. The molecule has 0 aromatic carbocycles. The average molecular weight is 433 g/mol. The second-order valence-electron chi connectivity index (χ2n) is 10.9. The Morgan fingerprint density at radius 3 is 2.61 bits per heavy atom. The van der Waals surface area contributed by atoms with E-state index in [-0.39, 0.29) is 41.3 Å². The van der Waals surface area contributed by atoms with E-state index in [1.54, 1.807) is 13.0 Å². The summed E-state index contributed by atoms with van der Waals surface area (Å²) >= 11 is 0. The fourth-order valence-electron chi connectivity index (χ4n) is 8.29. The third-order valence-electron chi connectivity index (χ3n) is 9.64. The van der Waals surface area contributed by atoms with Crippen molar-refractivity contribution in [2.45, 2.75) is 77.9 Å². The highest BCUT2D eigenvalue weighted by Crippen LogP contribution is 2.69. The van der Waals surface area contributed by atoms with Gasteiger partial charge in [0.05, 0.1) is 6.10 Å². The van der Waals surface area contributed by atoms with Crippen LogP contribution in [0.1, 0.15) is 66.2 Å². The van der Waals surface area contributed by atoms with Crippen LogP contribution in [0.5, 0.6) is 0 Å². The second-order valence-corrected chi connectivity index (χ2v) is 10.9. The van der Waals surface area contributed by atoms with Gasteiger partial charge < -0.3 is 14.9 Å². The van der Waals surface area contributed by atoms with Crippen molar-refractivity contribution in [1.29, 1.82) is 0 Å². The molecule has 4 rings (SSSR count). The van der Waals surface area contributed by atoms with E-state index in [0.717, 1.165) is 12.8 Å². The molecule has 0 aromatic rings. The van der Waals surface area contributed by atoms with Crippen molar-refractivity contribution in [3.63, 3.8) is 0 Å². The van der Waals surface area contributed by atoms with E-state index in [4.69, 9.17) is 4.74 Å². The zero-order valence-electron chi connectivity index (χ0n) is 19.1. The summed E-state index contributed by atoms with van der Waals surface area (Å²) < 4.78 is 5.86. The van der Waals surface area contributed by atoms with Crippen LogP contribution in [0.2, 0.25) is 0 Å². The average Bonchev–Trinajstić information content (AvgIpc) is 3.01. The lowest BCUT2D eigenvalue weighted by Crippen LogP contribution is -2.64. The summed E-state index contributed by atoms with van der Waals surface area (Å²) in [5.74, 6) is 0.0358. The molecule has 0 heterocycles.